The van der Waals surface area contributed by atoms with Crippen molar-refractivity contribution in [3.63, 3.8) is 0 Å². The highest BCUT2D eigenvalue weighted by Gasteiger charge is 2.30. The summed E-state index contributed by atoms with van der Waals surface area (Å²) in [5.74, 6) is 2.01. The lowest BCUT2D eigenvalue weighted by molar-refractivity contribution is 0.383. The topological polar surface area (TPSA) is 91.3 Å². The third-order valence-corrected chi connectivity index (χ3v) is 7.50. The molecule has 0 spiro atoms. The zero-order valence-corrected chi connectivity index (χ0v) is 17.8. The van der Waals surface area contributed by atoms with E-state index in [0.717, 1.165) is 5.82 Å². The minimum atomic E-state index is -3.53. The average Bonchev–Trinajstić information content (AvgIpc) is 2.75. The number of halogens is 1. The first kappa shape index (κ1) is 19.7. The standard InChI is InChI=1S/C19H19BrN6O2S/c20-15-5-1-2-6-16(15)29(27,28)26-13-11-25(12-14-26)19-9-8-18(23-24-19)22-17-7-3-4-10-21-17/h1-10H,11-14H2,(H,21,22,23). The Labute approximate surface area is 177 Å². The molecule has 3 aromatic rings. The van der Waals surface area contributed by atoms with Crippen molar-refractivity contribution in [3.8, 4) is 0 Å². The van der Waals surface area contributed by atoms with Gasteiger partial charge in [-0.2, -0.15) is 4.31 Å². The zero-order chi connectivity index (χ0) is 20.3. The second-order valence-corrected chi connectivity index (χ2v) is 9.20. The lowest BCUT2D eigenvalue weighted by Gasteiger charge is -2.34. The number of hydrogen-bond acceptors (Lipinski definition) is 7. The molecule has 10 heteroatoms. The van der Waals surface area contributed by atoms with Gasteiger partial charge in [0.05, 0.1) is 4.90 Å². The fraction of sp³-hybridized carbons (Fsp3) is 0.211. The lowest BCUT2D eigenvalue weighted by atomic mass is 10.3. The van der Waals surface area contributed by atoms with E-state index in [1.165, 1.54) is 4.31 Å². The Bertz CT molecular complexity index is 1070. The molecule has 1 saturated heterocycles. The molecule has 0 amide bonds. The van der Waals surface area contributed by atoms with E-state index >= 15 is 0 Å². The van der Waals surface area contributed by atoms with Crippen LogP contribution in [0.3, 0.4) is 0 Å². The predicted molar refractivity (Wildman–Crippen MR) is 115 cm³/mol. The van der Waals surface area contributed by atoms with Gasteiger partial charge in [0, 0.05) is 36.8 Å². The van der Waals surface area contributed by atoms with Crippen molar-refractivity contribution in [2.45, 2.75) is 4.90 Å². The summed E-state index contributed by atoms with van der Waals surface area (Å²) in [6.45, 7) is 1.87. The summed E-state index contributed by atoms with van der Waals surface area (Å²) in [7, 11) is -3.53. The third-order valence-electron chi connectivity index (χ3n) is 4.59. The summed E-state index contributed by atoms with van der Waals surface area (Å²) in [6, 6.07) is 16.2. The second-order valence-electron chi connectivity index (χ2n) is 6.44. The molecule has 8 nitrogen and oxygen atoms in total. The van der Waals surface area contributed by atoms with Crippen LogP contribution in [0.15, 0.2) is 70.2 Å². The van der Waals surface area contributed by atoms with E-state index in [0.29, 0.717) is 42.3 Å². The van der Waals surface area contributed by atoms with Crippen molar-refractivity contribution in [2.24, 2.45) is 0 Å². The van der Waals surface area contributed by atoms with E-state index in [4.69, 9.17) is 0 Å². The molecule has 0 atom stereocenters. The van der Waals surface area contributed by atoms with Crippen molar-refractivity contribution in [2.75, 3.05) is 36.4 Å². The molecule has 0 bridgehead atoms. The van der Waals surface area contributed by atoms with Gasteiger partial charge in [-0.3, -0.25) is 0 Å². The van der Waals surface area contributed by atoms with Gasteiger partial charge in [0.25, 0.3) is 0 Å². The summed E-state index contributed by atoms with van der Waals surface area (Å²) in [5.41, 5.74) is 0. The smallest absolute Gasteiger partial charge is 0.244 e. The Balaban J connectivity index is 1.40. The molecule has 29 heavy (non-hydrogen) atoms. The van der Waals surface area contributed by atoms with E-state index in [-0.39, 0.29) is 4.90 Å². The number of benzene rings is 1. The van der Waals surface area contributed by atoms with E-state index in [2.05, 4.69) is 36.4 Å². The molecule has 0 saturated carbocycles. The molecule has 1 aromatic carbocycles. The lowest BCUT2D eigenvalue weighted by Crippen LogP contribution is -2.49. The van der Waals surface area contributed by atoms with Gasteiger partial charge in [-0.15, -0.1) is 10.2 Å². The van der Waals surface area contributed by atoms with Crippen molar-refractivity contribution < 1.29 is 8.42 Å². The summed E-state index contributed by atoms with van der Waals surface area (Å²) in [5, 5.41) is 11.6. The summed E-state index contributed by atoms with van der Waals surface area (Å²) in [6.07, 6.45) is 1.70. The van der Waals surface area contributed by atoms with Gasteiger partial charge in [-0.1, -0.05) is 18.2 Å². The van der Waals surface area contributed by atoms with Gasteiger partial charge >= 0.3 is 0 Å². The van der Waals surface area contributed by atoms with Gasteiger partial charge < -0.3 is 10.2 Å². The maximum atomic E-state index is 12.9. The zero-order valence-electron chi connectivity index (χ0n) is 15.4. The number of anilines is 3. The van der Waals surface area contributed by atoms with Crippen LogP contribution in [0.2, 0.25) is 0 Å². The fourth-order valence-corrected chi connectivity index (χ4v) is 5.46. The molecule has 1 fully saturated rings. The van der Waals surface area contributed by atoms with Gasteiger partial charge in [0.2, 0.25) is 10.0 Å². The Hall–Kier alpha value is -2.56. The van der Waals surface area contributed by atoms with Crippen LogP contribution in [0, 0.1) is 0 Å². The number of piperazine rings is 1. The van der Waals surface area contributed by atoms with Crippen LogP contribution >= 0.6 is 15.9 Å². The van der Waals surface area contributed by atoms with Crippen molar-refractivity contribution in [1.29, 1.82) is 0 Å². The molecular formula is C19H19BrN6O2S. The van der Waals surface area contributed by atoms with Crippen molar-refractivity contribution in [1.82, 2.24) is 19.5 Å². The largest absolute Gasteiger partial charge is 0.352 e. The molecule has 1 aliphatic heterocycles. The van der Waals surface area contributed by atoms with Gasteiger partial charge in [-0.05, 0) is 52.3 Å². The van der Waals surface area contributed by atoms with Crippen LogP contribution in [-0.4, -0.2) is 54.1 Å². The predicted octanol–water partition coefficient (Wildman–Crippen LogP) is 2.89. The average molecular weight is 475 g/mol. The fourth-order valence-electron chi connectivity index (χ4n) is 3.08. The highest BCUT2D eigenvalue weighted by atomic mass is 79.9. The highest BCUT2D eigenvalue weighted by molar-refractivity contribution is 9.10. The van der Waals surface area contributed by atoms with Crippen LogP contribution in [0.1, 0.15) is 0 Å². The Morgan fingerprint density at radius 3 is 2.28 bits per heavy atom. The minimum absolute atomic E-state index is 0.290. The van der Waals surface area contributed by atoms with Crippen LogP contribution < -0.4 is 10.2 Å². The van der Waals surface area contributed by atoms with Crippen molar-refractivity contribution in [3.05, 3.63) is 65.3 Å². The molecule has 1 aliphatic rings. The first-order chi connectivity index (χ1) is 14.0. The first-order valence-electron chi connectivity index (χ1n) is 9.05. The molecule has 0 radical (unpaired) electrons. The number of nitrogens with one attached hydrogen (secondary N) is 1. The summed E-state index contributed by atoms with van der Waals surface area (Å²) < 4.78 is 27.9. The second kappa shape index (κ2) is 8.44. The number of pyridine rings is 1. The Kier molecular flexibility index (Phi) is 5.74. The molecule has 1 N–H and O–H groups in total. The molecular weight excluding hydrogens is 456 g/mol. The summed E-state index contributed by atoms with van der Waals surface area (Å²) >= 11 is 3.33. The number of sulfonamides is 1. The highest BCUT2D eigenvalue weighted by Crippen LogP contribution is 2.26. The number of nitrogens with zero attached hydrogens (tertiary/aromatic N) is 5. The van der Waals surface area contributed by atoms with Gasteiger partial charge in [0.15, 0.2) is 11.6 Å². The maximum absolute atomic E-state index is 12.9. The quantitative estimate of drug-likeness (QED) is 0.607. The maximum Gasteiger partial charge on any atom is 0.244 e. The van der Waals surface area contributed by atoms with Gasteiger partial charge in [0.1, 0.15) is 5.82 Å². The SMILES string of the molecule is O=S(=O)(c1ccccc1Br)N1CCN(c2ccc(Nc3ccccn3)nn2)CC1. The number of aromatic nitrogens is 3. The normalized spacial score (nSPS) is 15.3. The van der Waals surface area contributed by atoms with Crippen molar-refractivity contribution >= 4 is 43.4 Å². The molecule has 4 rings (SSSR count). The third kappa shape index (κ3) is 4.39. The van der Waals surface area contributed by atoms with E-state index in [1.807, 2.05) is 35.2 Å². The summed E-state index contributed by atoms with van der Waals surface area (Å²) in [4.78, 5) is 6.52. The van der Waals surface area contributed by atoms with E-state index in [1.54, 1.807) is 30.5 Å². The Morgan fingerprint density at radius 1 is 0.862 bits per heavy atom. The molecule has 0 unspecified atom stereocenters. The molecule has 150 valence electrons. The van der Waals surface area contributed by atoms with Crippen LogP contribution in [0.4, 0.5) is 17.5 Å². The first-order valence-corrected chi connectivity index (χ1v) is 11.3. The number of hydrogen-bond donors (Lipinski definition) is 1. The number of rotatable bonds is 5. The molecule has 3 heterocycles. The van der Waals surface area contributed by atoms with Crippen LogP contribution in [0.5, 0.6) is 0 Å². The van der Waals surface area contributed by atoms with Gasteiger partial charge in [-0.25, -0.2) is 13.4 Å². The van der Waals surface area contributed by atoms with Crippen LogP contribution in [0.25, 0.3) is 0 Å². The molecule has 0 aliphatic carbocycles. The van der Waals surface area contributed by atoms with Crippen LogP contribution in [-0.2, 0) is 10.0 Å². The monoisotopic (exact) mass is 474 g/mol. The minimum Gasteiger partial charge on any atom is -0.352 e. The Morgan fingerprint density at radius 2 is 1.62 bits per heavy atom. The molecule has 2 aromatic heterocycles. The van der Waals surface area contributed by atoms with E-state index in [9.17, 15) is 8.42 Å². The van der Waals surface area contributed by atoms with E-state index < -0.39 is 10.0 Å².